The number of nitrogens with one attached hydrogen (secondary N) is 2. The molecule has 1 amide bonds. The maximum atomic E-state index is 11.5. The van der Waals surface area contributed by atoms with E-state index in [1.807, 2.05) is 0 Å². The lowest BCUT2D eigenvalue weighted by Crippen LogP contribution is -2.50. The monoisotopic (exact) mass is 278 g/mol. The van der Waals surface area contributed by atoms with Gasteiger partial charge in [-0.2, -0.15) is 0 Å². The first kappa shape index (κ1) is 15.7. The molecule has 0 spiro atoms. The molecule has 2 N–H and O–H groups in total. The summed E-state index contributed by atoms with van der Waals surface area (Å²) in [6, 6.07) is 0. The lowest BCUT2D eigenvalue weighted by molar-refractivity contribution is -0.126. The van der Waals surface area contributed by atoms with E-state index in [1.54, 1.807) is 0 Å². The SMILES string of the molecule is Cl.O=C(NCCCOCC1CCOC1)C1CNC1. The average molecular weight is 279 g/mol. The van der Waals surface area contributed by atoms with Crippen LogP contribution in [0.25, 0.3) is 0 Å². The third-order valence-corrected chi connectivity index (χ3v) is 3.29. The van der Waals surface area contributed by atoms with Gasteiger partial charge in [-0.15, -0.1) is 12.4 Å². The zero-order chi connectivity index (χ0) is 11.9. The second-order valence-electron chi connectivity index (χ2n) is 4.80. The van der Waals surface area contributed by atoms with Crippen LogP contribution < -0.4 is 10.6 Å². The highest BCUT2D eigenvalue weighted by molar-refractivity contribution is 5.85. The topological polar surface area (TPSA) is 59.6 Å². The van der Waals surface area contributed by atoms with Crippen LogP contribution >= 0.6 is 12.4 Å². The van der Waals surface area contributed by atoms with E-state index in [0.29, 0.717) is 5.92 Å². The van der Waals surface area contributed by atoms with Gasteiger partial charge >= 0.3 is 0 Å². The fourth-order valence-corrected chi connectivity index (χ4v) is 1.97. The van der Waals surface area contributed by atoms with Crippen LogP contribution in [0.3, 0.4) is 0 Å². The van der Waals surface area contributed by atoms with E-state index in [0.717, 1.165) is 58.9 Å². The molecule has 0 aliphatic carbocycles. The predicted molar refractivity (Wildman–Crippen MR) is 71.0 cm³/mol. The fourth-order valence-electron chi connectivity index (χ4n) is 1.97. The normalized spacial score (nSPS) is 23.2. The van der Waals surface area contributed by atoms with E-state index in [9.17, 15) is 4.79 Å². The van der Waals surface area contributed by atoms with Crippen molar-refractivity contribution in [3.8, 4) is 0 Å². The van der Waals surface area contributed by atoms with Crippen LogP contribution in [-0.2, 0) is 14.3 Å². The molecule has 2 aliphatic heterocycles. The van der Waals surface area contributed by atoms with Gasteiger partial charge in [-0.1, -0.05) is 0 Å². The minimum atomic E-state index is 0. The number of amides is 1. The van der Waals surface area contributed by atoms with Gasteiger partial charge in [0, 0.05) is 38.8 Å². The second-order valence-corrected chi connectivity index (χ2v) is 4.80. The van der Waals surface area contributed by atoms with E-state index in [2.05, 4.69) is 10.6 Å². The van der Waals surface area contributed by atoms with E-state index >= 15 is 0 Å². The maximum Gasteiger partial charge on any atom is 0.225 e. The number of ether oxygens (including phenoxy) is 2. The molecule has 0 aromatic rings. The zero-order valence-electron chi connectivity index (χ0n) is 10.7. The molecule has 2 heterocycles. The fraction of sp³-hybridized carbons (Fsp3) is 0.917. The molecule has 18 heavy (non-hydrogen) atoms. The summed E-state index contributed by atoms with van der Waals surface area (Å²) in [5, 5.41) is 6.02. The minimum absolute atomic E-state index is 0. The summed E-state index contributed by atoms with van der Waals surface area (Å²) in [5.74, 6) is 0.935. The molecule has 1 unspecified atom stereocenters. The zero-order valence-corrected chi connectivity index (χ0v) is 11.5. The summed E-state index contributed by atoms with van der Waals surface area (Å²) in [6.45, 7) is 5.59. The summed E-state index contributed by atoms with van der Waals surface area (Å²) >= 11 is 0. The van der Waals surface area contributed by atoms with Gasteiger partial charge in [-0.3, -0.25) is 4.79 Å². The third kappa shape index (κ3) is 5.10. The summed E-state index contributed by atoms with van der Waals surface area (Å²) in [7, 11) is 0. The second kappa shape index (κ2) is 8.69. The van der Waals surface area contributed by atoms with Gasteiger partial charge in [0.05, 0.1) is 19.1 Å². The van der Waals surface area contributed by atoms with Crippen molar-refractivity contribution in [2.24, 2.45) is 11.8 Å². The summed E-state index contributed by atoms with van der Waals surface area (Å²) in [4.78, 5) is 11.5. The standard InChI is InChI=1S/C12H22N2O3.ClH/c15-12(11-6-13-7-11)14-3-1-4-16-8-10-2-5-17-9-10;/h10-11,13H,1-9H2,(H,14,15);1H. The minimum Gasteiger partial charge on any atom is -0.381 e. The van der Waals surface area contributed by atoms with Crippen molar-refractivity contribution in [3.05, 3.63) is 0 Å². The lowest BCUT2D eigenvalue weighted by Gasteiger charge is -2.25. The van der Waals surface area contributed by atoms with Crippen molar-refractivity contribution >= 4 is 18.3 Å². The number of carbonyl (C=O) groups is 1. The van der Waals surface area contributed by atoms with Crippen molar-refractivity contribution in [1.29, 1.82) is 0 Å². The Kier molecular flexibility index (Phi) is 7.58. The van der Waals surface area contributed by atoms with Gasteiger partial charge in [-0.05, 0) is 12.8 Å². The van der Waals surface area contributed by atoms with Crippen molar-refractivity contribution in [3.63, 3.8) is 0 Å². The Labute approximate surface area is 114 Å². The summed E-state index contributed by atoms with van der Waals surface area (Å²) in [5.41, 5.74) is 0. The Morgan fingerprint density at radius 1 is 1.44 bits per heavy atom. The van der Waals surface area contributed by atoms with E-state index in [-0.39, 0.29) is 24.2 Å². The van der Waals surface area contributed by atoms with Crippen molar-refractivity contribution in [2.75, 3.05) is 46.1 Å². The molecule has 2 rings (SSSR count). The molecule has 1 atom stereocenters. The number of hydrogen-bond acceptors (Lipinski definition) is 4. The first-order valence-corrected chi connectivity index (χ1v) is 6.50. The Morgan fingerprint density at radius 2 is 2.28 bits per heavy atom. The maximum absolute atomic E-state index is 11.5. The van der Waals surface area contributed by atoms with Gasteiger partial charge in [0.25, 0.3) is 0 Å². The molecule has 0 bridgehead atoms. The van der Waals surface area contributed by atoms with Gasteiger partial charge < -0.3 is 20.1 Å². The van der Waals surface area contributed by atoms with Crippen LogP contribution in [0.4, 0.5) is 0 Å². The molecule has 0 aromatic carbocycles. The average Bonchev–Trinajstić information content (AvgIpc) is 2.73. The van der Waals surface area contributed by atoms with Crippen molar-refractivity contribution in [2.45, 2.75) is 12.8 Å². The highest BCUT2D eigenvalue weighted by Crippen LogP contribution is 2.12. The molecular formula is C12H23ClN2O3. The van der Waals surface area contributed by atoms with Gasteiger partial charge in [0.1, 0.15) is 0 Å². The van der Waals surface area contributed by atoms with Crippen LogP contribution in [-0.4, -0.2) is 52.0 Å². The van der Waals surface area contributed by atoms with Gasteiger partial charge in [-0.25, -0.2) is 0 Å². The molecule has 5 nitrogen and oxygen atoms in total. The molecule has 106 valence electrons. The highest BCUT2D eigenvalue weighted by atomic mass is 35.5. The number of rotatable bonds is 7. The van der Waals surface area contributed by atoms with E-state index < -0.39 is 0 Å². The molecule has 0 saturated carbocycles. The number of carbonyl (C=O) groups excluding carboxylic acids is 1. The summed E-state index contributed by atoms with van der Waals surface area (Å²) in [6.07, 6.45) is 2.00. The Morgan fingerprint density at radius 3 is 2.89 bits per heavy atom. The van der Waals surface area contributed by atoms with Crippen LogP contribution in [0, 0.1) is 11.8 Å². The quantitative estimate of drug-likeness (QED) is 0.653. The van der Waals surface area contributed by atoms with Crippen molar-refractivity contribution in [1.82, 2.24) is 10.6 Å². The third-order valence-electron chi connectivity index (χ3n) is 3.29. The van der Waals surface area contributed by atoms with Crippen LogP contribution in [0.5, 0.6) is 0 Å². The molecule has 2 aliphatic rings. The van der Waals surface area contributed by atoms with Gasteiger partial charge in [0.2, 0.25) is 5.91 Å². The highest BCUT2D eigenvalue weighted by Gasteiger charge is 2.24. The predicted octanol–water partition coefficient (Wildman–Crippen LogP) is 0.187. The van der Waals surface area contributed by atoms with Gasteiger partial charge in [0.15, 0.2) is 0 Å². The molecule has 2 saturated heterocycles. The van der Waals surface area contributed by atoms with Crippen LogP contribution in [0.15, 0.2) is 0 Å². The van der Waals surface area contributed by atoms with Crippen LogP contribution in [0.2, 0.25) is 0 Å². The van der Waals surface area contributed by atoms with E-state index in [1.165, 1.54) is 0 Å². The number of halogens is 1. The molecule has 0 radical (unpaired) electrons. The largest absolute Gasteiger partial charge is 0.381 e. The summed E-state index contributed by atoms with van der Waals surface area (Å²) < 4.78 is 10.8. The molecule has 2 fully saturated rings. The Balaban J connectivity index is 0.00000162. The molecule has 6 heteroatoms. The Hall–Kier alpha value is -0.360. The Bertz CT molecular complexity index is 243. The number of hydrogen-bond donors (Lipinski definition) is 2. The smallest absolute Gasteiger partial charge is 0.225 e. The van der Waals surface area contributed by atoms with Crippen molar-refractivity contribution < 1.29 is 14.3 Å². The molecular weight excluding hydrogens is 256 g/mol. The lowest BCUT2D eigenvalue weighted by atomic mass is 10.0. The molecule has 0 aromatic heterocycles. The first-order chi connectivity index (χ1) is 8.36. The van der Waals surface area contributed by atoms with Crippen LogP contribution in [0.1, 0.15) is 12.8 Å². The van der Waals surface area contributed by atoms with E-state index in [4.69, 9.17) is 9.47 Å². The first-order valence-electron chi connectivity index (χ1n) is 6.50.